The summed E-state index contributed by atoms with van der Waals surface area (Å²) in [6.07, 6.45) is 3.10. The first-order valence-electron chi connectivity index (χ1n) is 7.37. The Kier molecular flexibility index (Phi) is 4.51. The minimum Gasteiger partial charge on any atom is -0.497 e. The van der Waals surface area contributed by atoms with Crippen LogP contribution in [0.3, 0.4) is 0 Å². The molecular weight excluding hydrogens is 308 g/mol. The highest BCUT2D eigenvalue weighted by atomic mass is 16.5. The van der Waals surface area contributed by atoms with Gasteiger partial charge in [-0.3, -0.25) is 14.6 Å². The average Bonchev–Trinajstić information content (AvgIpc) is 2.63. The molecule has 2 amide bonds. The fourth-order valence-corrected chi connectivity index (χ4v) is 2.31. The molecule has 122 valence electrons. The van der Waals surface area contributed by atoms with Gasteiger partial charge in [-0.1, -0.05) is 12.1 Å². The Labute approximate surface area is 139 Å². The predicted octanol–water partition coefficient (Wildman–Crippen LogP) is 1.30. The topological polar surface area (TPSA) is 75.1 Å². The van der Waals surface area contributed by atoms with Crippen molar-refractivity contribution in [1.82, 2.24) is 9.99 Å². The summed E-state index contributed by atoms with van der Waals surface area (Å²) in [5, 5.41) is 5.23. The summed E-state index contributed by atoms with van der Waals surface area (Å²) in [4.78, 5) is 30.1. The maximum Gasteiger partial charge on any atom is 0.263 e. The van der Waals surface area contributed by atoms with Crippen molar-refractivity contribution in [2.24, 2.45) is 5.10 Å². The van der Waals surface area contributed by atoms with Crippen LogP contribution in [0, 0.1) is 0 Å². The number of pyridine rings is 1. The monoisotopic (exact) mass is 324 g/mol. The van der Waals surface area contributed by atoms with Crippen molar-refractivity contribution in [3.63, 3.8) is 0 Å². The molecule has 3 rings (SSSR count). The number of aromatic nitrogens is 1. The highest BCUT2D eigenvalue weighted by Crippen LogP contribution is 2.23. The summed E-state index contributed by atoms with van der Waals surface area (Å²) in [7, 11) is 1.55. The van der Waals surface area contributed by atoms with E-state index in [0.29, 0.717) is 17.1 Å². The number of hydrogen-bond donors (Lipinski definition) is 0. The van der Waals surface area contributed by atoms with Crippen molar-refractivity contribution < 1.29 is 14.3 Å². The minimum atomic E-state index is -0.260. The van der Waals surface area contributed by atoms with Gasteiger partial charge < -0.3 is 9.64 Å². The fraction of sp³-hybridized carbons (Fsp3) is 0.176. The van der Waals surface area contributed by atoms with Crippen LogP contribution in [-0.4, -0.2) is 48.2 Å². The standard InChI is InChI=1S/C17H16N4O3/c1-24-15-7-4-6-14(9-15)20-11-17(23)21(12-16(20)22)19-10-13-5-2-3-8-18-13/h2-10H,11-12H2,1H3. The van der Waals surface area contributed by atoms with E-state index >= 15 is 0 Å². The highest BCUT2D eigenvalue weighted by molar-refractivity contribution is 6.04. The fourth-order valence-electron chi connectivity index (χ4n) is 2.31. The first-order valence-corrected chi connectivity index (χ1v) is 7.37. The van der Waals surface area contributed by atoms with Crippen molar-refractivity contribution in [3.05, 3.63) is 54.4 Å². The van der Waals surface area contributed by atoms with E-state index in [9.17, 15) is 9.59 Å². The third-order valence-electron chi connectivity index (χ3n) is 3.55. The molecule has 0 saturated carbocycles. The molecule has 1 fully saturated rings. The third-order valence-corrected chi connectivity index (χ3v) is 3.55. The Morgan fingerprint density at radius 3 is 2.75 bits per heavy atom. The lowest BCUT2D eigenvalue weighted by Gasteiger charge is -2.31. The molecule has 0 radical (unpaired) electrons. The second-order valence-corrected chi connectivity index (χ2v) is 5.13. The van der Waals surface area contributed by atoms with Crippen molar-refractivity contribution in [1.29, 1.82) is 0 Å². The van der Waals surface area contributed by atoms with E-state index in [-0.39, 0.29) is 24.9 Å². The summed E-state index contributed by atoms with van der Waals surface area (Å²) in [6, 6.07) is 12.4. The quantitative estimate of drug-likeness (QED) is 0.795. The van der Waals surface area contributed by atoms with E-state index in [2.05, 4.69) is 10.1 Å². The predicted molar refractivity (Wildman–Crippen MR) is 88.9 cm³/mol. The van der Waals surface area contributed by atoms with Gasteiger partial charge in [-0.25, -0.2) is 5.01 Å². The van der Waals surface area contributed by atoms with Crippen LogP contribution in [0.4, 0.5) is 5.69 Å². The number of piperazine rings is 1. The number of amides is 2. The molecule has 24 heavy (non-hydrogen) atoms. The summed E-state index contributed by atoms with van der Waals surface area (Å²) in [5.74, 6) is 0.161. The number of carbonyl (C=O) groups is 2. The average molecular weight is 324 g/mol. The minimum absolute atomic E-state index is 0.0639. The number of carbonyl (C=O) groups excluding carboxylic acids is 2. The molecule has 1 aromatic heterocycles. The van der Waals surface area contributed by atoms with Crippen LogP contribution in [0.25, 0.3) is 0 Å². The molecule has 1 aromatic carbocycles. The van der Waals surface area contributed by atoms with Crippen LogP contribution < -0.4 is 9.64 Å². The molecule has 7 heteroatoms. The Balaban J connectivity index is 1.73. The lowest BCUT2D eigenvalue weighted by molar-refractivity contribution is -0.138. The summed E-state index contributed by atoms with van der Waals surface area (Å²) >= 11 is 0. The maximum atomic E-state index is 12.4. The van der Waals surface area contributed by atoms with Gasteiger partial charge in [0.05, 0.1) is 19.0 Å². The van der Waals surface area contributed by atoms with Gasteiger partial charge >= 0.3 is 0 Å². The SMILES string of the molecule is COc1cccc(N2CC(=O)N(N=Cc3ccccn3)CC2=O)c1. The molecule has 1 saturated heterocycles. The number of anilines is 1. The van der Waals surface area contributed by atoms with E-state index < -0.39 is 0 Å². The van der Waals surface area contributed by atoms with E-state index in [0.717, 1.165) is 5.01 Å². The lowest BCUT2D eigenvalue weighted by atomic mass is 10.2. The second-order valence-electron chi connectivity index (χ2n) is 5.13. The largest absolute Gasteiger partial charge is 0.497 e. The van der Waals surface area contributed by atoms with E-state index in [1.165, 1.54) is 11.1 Å². The molecular formula is C17H16N4O3. The molecule has 0 atom stereocenters. The van der Waals surface area contributed by atoms with Crippen LogP contribution in [0.1, 0.15) is 5.69 Å². The normalized spacial score (nSPS) is 15.2. The van der Waals surface area contributed by atoms with Gasteiger partial charge in [-0.15, -0.1) is 0 Å². The first-order chi connectivity index (χ1) is 11.7. The van der Waals surface area contributed by atoms with Crippen LogP contribution in [0.5, 0.6) is 5.75 Å². The number of rotatable bonds is 4. The lowest BCUT2D eigenvalue weighted by Crippen LogP contribution is -2.52. The van der Waals surface area contributed by atoms with Crippen molar-refractivity contribution >= 4 is 23.7 Å². The Morgan fingerprint density at radius 1 is 1.12 bits per heavy atom. The van der Waals surface area contributed by atoms with Crippen LogP contribution in [0.2, 0.25) is 0 Å². The van der Waals surface area contributed by atoms with Gasteiger partial charge in [0.25, 0.3) is 5.91 Å². The maximum absolute atomic E-state index is 12.4. The Hall–Kier alpha value is -3.22. The molecule has 0 N–H and O–H groups in total. The molecule has 0 unspecified atom stereocenters. The van der Waals surface area contributed by atoms with Crippen LogP contribution in [-0.2, 0) is 9.59 Å². The van der Waals surface area contributed by atoms with Crippen LogP contribution in [0.15, 0.2) is 53.8 Å². The summed E-state index contributed by atoms with van der Waals surface area (Å²) in [6.45, 7) is -0.176. The van der Waals surface area contributed by atoms with Gasteiger partial charge in [0.1, 0.15) is 18.8 Å². The van der Waals surface area contributed by atoms with Crippen molar-refractivity contribution in [2.75, 3.05) is 25.1 Å². The van der Waals surface area contributed by atoms with Gasteiger partial charge in [0, 0.05) is 18.0 Å². The zero-order chi connectivity index (χ0) is 16.9. The van der Waals surface area contributed by atoms with Gasteiger partial charge in [-0.05, 0) is 24.3 Å². The number of ether oxygens (including phenoxy) is 1. The smallest absolute Gasteiger partial charge is 0.263 e. The Bertz CT molecular complexity index is 776. The van der Waals surface area contributed by atoms with E-state index in [1.807, 2.05) is 6.07 Å². The molecule has 0 aliphatic carbocycles. The van der Waals surface area contributed by atoms with Crippen molar-refractivity contribution in [2.45, 2.75) is 0 Å². The van der Waals surface area contributed by atoms with Gasteiger partial charge in [0.2, 0.25) is 5.91 Å². The zero-order valence-electron chi connectivity index (χ0n) is 13.1. The van der Waals surface area contributed by atoms with Gasteiger partial charge in [-0.2, -0.15) is 5.10 Å². The summed E-state index contributed by atoms with van der Waals surface area (Å²) < 4.78 is 5.15. The number of benzene rings is 1. The van der Waals surface area contributed by atoms with Gasteiger partial charge in [0.15, 0.2) is 0 Å². The Morgan fingerprint density at radius 2 is 2.00 bits per heavy atom. The molecule has 2 aromatic rings. The molecule has 0 spiro atoms. The number of nitrogens with zero attached hydrogens (tertiary/aromatic N) is 4. The molecule has 1 aliphatic heterocycles. The van der Waals surface area contributed by atoms with E-state index in [1.54, 1.807) is 49.7 Å². The molecule has 7 nitrogen and oxygen atoms in total. The molecule has 0 bridgehead atoms. The molecule has 2 heterocycles. The zero-order valence-corrected chi connectivity index (χ0v) is 13.1. The van der Waals surface area contributed by atoms with Crippen molar-refractivity contribution in [3.8, 4) is 5.75 Å². The van der Waals surface area contributed by atoms with Crippen LogP contribution >= 0.6 is 0 Å². The molecule has 1 aliphatic rings. The second kappa shape index (κ2) is 6.91. The number of hydrazone groups is 1. The number of methoxy groups -OCH3 is 1. The summed E-state index contributed by atoms with van der Waals surface area (Å²) in [5.41, 5.74) is 1.24. The third kappa shape index (κ3) is 3.40. The first kappa shape index (κ1) is 15.7. The number of hydrogen-bond acceptors (Lipinski definition) is 5. The van der Waals surface area contributed by atoms with E-state index in [4.69, 9.17) is 4.74 Å². The highest BCUT2D eigenvalue weighted by Gasteiger charge is 2.30.